The molecule has 2 heterocycles. The summed E-state index contributed by atoms with van der Waals surface area (Å²) in [5.41, 5.74) is 0.969. The van der Waals surface area contributed by atoms with Crippen LogP contribution < -0.4 is 10.2 Å². The van der Waals surface area contributed by atoms with E-state index in [1.807, 2.05) is 0 Å². The van der Waals surface area contributed by atoms with Crippen LogP contribution in [0.5, 0.6) is 0 Å². The Bertz CT molecular complexity index is 456. The molecule has 0 saturated carbocycles. The van der Waals surface area contributed by atoms with Crippen molar-refractivity contribution >= 4 is 11.4 Å². The number of nitrogens with zero attached hydrogens (tertiary/aromatic N) is 1. The van der Waals surface area contributed by atoms with Crippen molar-refractivity contribution in [3.8, 4) is 0 Å². The fraction of sp³-hybridized carbons (Fsp3) is 0.538. The number of alkyl halides is 3. The monoisotopic (exact) mass is 256 g/mol. The van der Waals surface area contributed by atoms with E-state index in [0.29, 0.717) is 11.7 Å². The van der Waals surface area contributed by atoms with Crippen LogP contribution in [0.1, 0.15) is 24.8 Å². The van der Waals surface area contributed by atoms with E-state index in [1.165, 1.54) is 6.07 Å². The van der Waals surface area contributed by atoms with Crippen molar-refractivity contribution in [2.24, 2.45) is 0 Å². The fourth-order valence-corrected chi connectivity index (χ4v) is 2.85. The average molecular weight is 256 g/mol. The van der Waals surface area contributed by atoms with Gasteiger partial charge in [0, 0.05) is 19.1 Å². The van der Waals surface area contributed by atoms with Gasteiger partial charge in [0.2, 0.25) is 0 Å². The minimum Gasteiger partial charge on any atom is -0.381 e. The van der Waals surface area contributed by atoms with Crippen molar-refractivity contribution in [2.75, 3.05) is 23.3 Å². The molecule has 0 radical (unpaired) electrons. The van der Waals surface area contributed by atoms with E-state index in [-0.39, 0.29) is 0 Å². The highest BCUT2D eigenvalue weighted by Crippen LogP contribution is 2.39. The van der Waals surface area contributed by atoms with Gasteiger partial charge in [0.1, 0.15) is 0 Å². The molecule has 0 aromatic heterocycles. The first-order valence-corrected chi connectivity index (χ1v) is 6.27. The van der Waals surface area contributed by atoms with E-state index in [2.05, 4.69) is 10.2 Å². The first-order valence-electron chi connectivity index (χ1n) is 6.27. The highest BCUT2D eigenvalue weighted by molar-refractivity contribution is 5.74. The first kappa shape index (κ1) is 11.7. The lowest BCUT2D eigenvalue weighted by atomic mass is 9.97. The van der Waals surface area contributed by atoms with Crippen LogP contribution in [0.25, 0.3) is 0 Å². The third kappa shape index (κ3) is 1.91. The predicted molar refractivity (Wildman–Crippen MR) is 64.9 cm³/mol. The highest BCUT2D eigenvalue weighted by Gasteiger charge is 2.34. The smallest absolute Gasteiger partial charge is 0.381 e. The van der Waals surface area contributed by atoms with Gasteiger partial charge < -0.3 is 10.2 Å². The topological polar surface area (TPSA) is 15.3 Å². The standard InChI is InChI=1S/C13H15F3N2/c14-13(15,16)9-4-5-11-12(7-9)18-6-2-1-3-10(18)8-17-11/h4-5,7,10,17H,1-3,6,8H2. The van der Waals surface area contributed by atoms with Crippen LogP contribution in [0.2, 0.25) is 0 Å². The third-order valence-corrected chi connectivity index (χ3v) is 3.79. The fourth-order valence-electron chi connectivity index (χ4n) is 2.85. The number of anilines is 2. The normalized spacial score (nSPS) is 23.1. The summed E-state index contributed by atoms with van der Waals surface area (Å²) in [7, 11) is 0. The third-order valence-electron chi connectivity index (χ3n) is 3.79. The molecule has 3 rings (SSSR count). The molecule has 0 spiro atoms. The lowest BCUT2D eigenvalue weighted by Gasteiger charge is -2.42. The van der Waals surface area contributed by atoms with Crippen molar-refractivity contribution < 1.29 is 13.2 Å². The van der Waals surface area contributed by atoms with Crippen molar-refractivity contribution in [1.29, 1.82) is 0 Å². The van der Waals surface area contributed by atoms with Crippen LogP contribution in [0, 0.1) is 0 Å². The van der Waals surface area contributed by atoms with E-state index in [4.69, 9.17) is 0 Å². The summed E-state index contributed by atoms with van der Waals surface area (Å²) >= 11 is 0. The van der Waals surface area contributed by atoms with Crippen LogP contribution in [0.4, 0.5) is 24.5 Å². The molecular formula is C13H15F3N2. The Morgan fingerprint density at radius 3 is 2.83 bits per heavy atom. The van der Waals surface area contributed by atoms with Gasteiger partial charge in [-0.2, -0.15) is 13.2 Å². The average Bonchev–Trinajstić information content (AvgIpc) is 2.37. The number of hydrogen-bond acceptors (Lipinski definition) is 2. The number of rotatable bonds is 0. The number of nitrogens with one attached hydrogen (secondary N) is 1. The molecule has 98 valence electrons. The Kier molecular flexibility index (Phi) is 2.64. The van der Waals surface area contributed by atoms with Gasteiger partial charge in [-0.3, -0.25) is 0 Å². The second kappa shape index (κ2) is 4.07. The molecule has 18 heavy (non-hydrogen) atoms. The maximum Gasteiger partial charge on any atom is 0.416 e. The summed E-state index contributed by atoms with van der Waals surface area (Å²) in [4.78, 5) is 2.13. The van der Waals surface area contributed by atoms with Crippen LogP contribution in [-0.4, -0.2) is 19.1 Å². The Balaban J connectivity index is 2.00. The quantitative estimate of drug-likeness (QED) is 0.764. The summed E-state index contributed by atoms with van der Waals surface area (Å²) < 4.78 is 38.2. The Labute approximate surface area is 104 Å². The van der Waals surface area contributed by atoms with E-state index in [1.54, 1.807) is 6.07 Å². The maximum absolute atomic E-state index is 12.7. The number of hydrogen-bond donors (Lipinski definition) is 1. The van der Waals surface area contributed by atoms with Gasteiger partial charge in [-0.05, 0) is 37.5 Å². The van der Waals surface area contributed by atoms with E-state index in [9.17, 15) is 13.2 Å². The van der Waals surface area contributed by atoms with Gasteiger partial charge in [0.25, 0.3) is 0 Å². The van der Waals surface area contributed by atoms with Crippen LogP contribution in [0.3, 0.4) is 0 Å². The van der Waals surface area contributed by atoms with E-state index in [0.717, 1.165) is 44.1 Å². The molecule has 1 unspecified atom stereocenters. The molecule has 0 amide bonds. The van der Waals surface area contributed by atoms with Crippen LogP contribution in [0.15, 0.2) is 18.2 Å². The molecule has 1 saturated heterocycles. The number of piperidine rings is 1. The summed E-state index contributed by atoms with van der Waals surface area (Å²) in [6.45, 7) is 1.69. The molecule has 1 aromatic rings. The number of fused-ring (bicyclic) bond motifs is 3. The SMILES string of the molecule is FC(F)(F)c1ccc2c(c1)N1CCCCC1CN2. The number of benzene rings is 1. The predicted octanol–water partition coefficient (Wildman–Crippen LogP) is 3.49. The molecule has 5 heteroatoms. The molecule has 1 aromatic carbocycles. The van der Waals surface area contributed by atoms with Crippen molar-refractivity contribution in [2.45, 2.75) is 31.5 Å². The van der Waals surface area contributed by atoms with E-state index < -0.39 is 11.7 Å². The molecule has 2 aliphatic rings. The summed E-state index contributed by atoms with van der Waals surface area (Å²) in [5.74, 6) is 0. The highest BCUT2D eigenvalue weighted by atomic mass is 19.4. The molecule has 1 N–H and O–H groups in total. The molecule has 0 bridgehead atoms. The minimum atomic E-state index is -4.27. The van der Waals surface area contributed by atoms with Gasteiger partial charge in [-0.25, -0.2) is 0 Å². The van der Waals surface area contributed by atoms with Crippen molar-refractivity contribution in [3.63, 3.8) is 0 Å². The largest absolute Gasteiger partial charge is 0.416 e. The van der Waals surface area contributed by atoms with Gasteiger partial charge in [-0.15, -0.1) is 0 Å². The maximum atomic E-state index is 12.7. The van der Waals surface area contributed by atoms with E-state index >= 15 is 0 Å². The second-order valence-electron chi connectivity index (χ2n) is 4.95. The Hall–Kier alpha value is -1.39. The summed E-state index contributed by atoms with van der Waals surface area (Å²) in [5, 5.41) is 3.23. The first-order chi connectivity index (χ1) is 8.55. The van der Waals surface area contributed by atoms with Gasteiger partial charge in [0.05, 0.1) is 16.9 Å². The lowest BCUT2D eigenvalue weighted by molar-refractivity contribution is -0.137. The van der Waals surface area contributed by atoms with Crippen molar-refractivity contribution in [3.05, 3.63) is 23.8 Å². The zero-order valence-corrected chi connectivity index (χ0v) is 9.93. The van der Waals surface area contributed by atoms with Crippen molar-refractivity contribution in [1.82, 2.24) is 0 Å². The van der Waals surface area contributed by atoms with Crippen LogP contribution >= 0.6 is 0 Å². The molecular weight excluding hydrogens is 241 g/mol. The van der Waals surface area contributed by atoms with Crippen LogP contribution in [-0.2, 0) is 6.18 Å². The van der Waals surface area contributed by atoms with Gasteiger partial charge >= 0.3 is 6.18 Å². The second-order valence-corrected chi connectivity index (χ2v) is 4.95. The summed E-state index contributed by atoms with van der Waals surface area (Å²) in [6, 6.07) is 4.31. The summed E-state index contributed by atoms with van der Waals surface area (Å²) in [6.07, 6.45) is -0.982. The molecule has 0 aliphatic carbocycles. The molecule has 2 aliphatic heterocycles. The number of halogens is 3. The Morgan fingerprint density at radius 1 is 1.22 bits per heavy atom. The molecule has 2 nitrogen and oxygen atoms in total. The Morgan fingerprint density at radius 2 is 2.06 bits per heavy atom. The molecule has 1 fully saturated rings. The zero-order chi connectivity index (χ0) is 12.8. The zero-order valence-electron chi connectivity index (χ0n) is 9.93. The minimum absolute atomic E-state index is 0.342. The molecule has 1 atom stereocenters. The van der Waals surface area contributed by atoms with Gasteiger partial charge in [0.15, 0.2) is 0 Å². The van der Waals surface area contributed by atoms with Gasteiger partial charge in [-0.1, -0.05) is 0 Å². The lowest BCUT2D eigenvalue weighted by Crippen LogP contribution is -2.47.